The third-order valence-corrected chi connectivity index (χ3v) is 7.61. The topological polar surface area (TPSA) is 91.0 Å². The largest absolute Gasteiger partial charge is 0.377 e. The summed E-state index contributed by atoms with van der Waals surface area (Å²) in [6.07, 6.45) is 3.52. The normalized spacial score (nSPS) is 15.7. The van der Waals surface area contributed by atoms with Gasteiger partial charge in [-0.15, -0.1) is 5.10 Å². The Morgan fingerprint density at radius 3 is 2.77 bits per heavy atom. The number of ether oxygens (including phenoxy) is 1. The SMILES string of the molecule is Cc1ccc(Cn2ncc3c(C(=O)N4CCOCC4c4cn(-c5ccc(Br)cc5Cl)nn4)cc(C)nc32)cc1. The zero-order valence-corrected chi connectivity index (χ0v) is 23.7. The second-order valence-electron chi connectivity index (χ2n) is 9.61. The lowest BCUT2D eigenvalue weighted by molar-refractivity contribution is -0.00383. The maximum Gasteiger partial charge on any atom is 0.255 e. The zero-order chi connectivity index (χ0) is 27.1. The van der Waals surface area contributed by atoms with E-state index in [1.54, 1.807) is 28.0 Å². The van der Waals surface area contributed by atoms with Crippen LogP contribution in [0.25, 0.3) is 16.7 Å². The molecule has 0 bridgehead atoms. The average Bonchev–Trinajstić information content (AvgIpc) is 3.57. The number of morpholine rings is 1. The first kappa shape index (κ1) is 25.7. The van der Waals surface area contributed by atoms with E-state index >= 15 is 0 Å². The fourth-order valence-corrected chi connectivity index (χ4v) is 5.55. The number of fused-ring (bicyclic) bond motifs is 1. The van der Waals surface area contributed by atoms with Gasteiger partial charge in [-0.05, 0) is 43.7 Å². The van der Waals surface area contributed by atoms with Gasteiger partial charge in [0.2, 0.25) is 0 Å². The molecular weight excluding hydrogens is 582 g/mol. The molecule has 1 saturated heterocycles. The minimum absolute atomic E-state index is 0.120. The number of hydrogen-bond acceptors (Lipinski definition) is 6. The summed E-state index contributed by atoms with van der Waals surface area (Å²) in [5.74, 6) is -0.120. The molecule has 0 saturated carbocycles. The summed E-state index contributed by atoms with van der Waals surface area (Å²) in [4.78, 5) is 20.6. The van der Waals surface area contributed by atoms with E-state index in [-0.39, 0.29) is 5.91 Å². The van der Waals surface area contributed by atoms with Crippen LogP contribution in [0.2, 0.25) is 5.02 Å². The number of carbonyl (C=O) groups is 1. The molecule has 39 heavy (non-hydrogen) atoms. The van der Waals surface area contributed by atoms with Crippen LogP contribution < -0.4 is 0 Å². The Kier molecular flexibility index (Phi) is 6.92. The molecule has 1 aliphatic heterocycles. The van der Waals surface area contributed by atoms with Crippen LogP contribution in [0, 0.1) is 13.8 Å². The van der Waals surface area contributed by atoms with Crippen LogP contribution in [0.15, 0.2) is 65.4 Å². The molecule has 1 aliphatic rings. The average molecular weight is 607 g/mol. The van der Waals surface area contributed by atoms with Gasteiger partial charge in [-0.2, -0.15) is 5.10 Å². The summed E-state index contributed by atoms with van der Waals surface area (Å²) in [5, 5.41) is 14.5. The molecule has 0 N–H and O–H groups in total. The Labute approximate surface area is 238 Å². The van der Waals surface area contributed by atoms with Gasteiger partial charge in [-0.25, -0.2) is 14.3 Å². The van der Waals surface area contributed by atoms with Gasteiger partial charge in [0.05, 0.1) is 53.8 Å². The first-order chi connectivity index (χ1) is 18.9. The molecule has 4 heterocycles. The van der Waals surface area contributed by atoms with E-state index < -0.39 is 6.04 Å². The van der Waals surface area contributed by atoms with E-state index in [9.17, 15) is 4.79 Å². The molecule has 0 spiro atoms. The number of pyridine rings is 1. The van der Waals surface area contributed by atoms with Crippen molar-refractivity contribution in [2.24, 2.45) is 0 Å². The maximum atomic E-state index is 14.0. The summed E-state index contributed by atoms with van der Waals surface area (Å²) in [6, 6.07) is 15.3. The number of amides is 1. The molecule has 5 aromatic rings. The molecular formula is C28H25BrClN7O2. The summed E-state index contributed by atoms with van der Waals surface area (Å²) in [7, 11) is 0. The van der Waals surface area contributed by atoms with Gasteiger partial charge in [0.25, 0.3) is 5.91 Å². The highest BCUT2D eigenvalue weighted by atomic mass is 79.9. The summed E-state index contributed by atoms with van der Waals surface area (Å²) < 4.78 is 10.1. The number of benzene rings is 2. The van der Waals surface area contributed by atoms with Crippen LogP contribution in [-0.2, 0) is 11.3 Å². The molecule has 1 amide bonds. The predicted molar refractivity (Wildman–Crippen MR) is 151 cm³/mol. The van der Waals surface area contributed by atoms with Crippen LogP contribution in [-0.4, -0.2) is 60.3 Å². The predicted octanol–water partition coefficient (Wildman–Crippen LogP) is 5.31. The summed E-state index contributed by atoms with van der Waals surface area (Å²) >= 11 is 9.85. The van der Waals surface area contributed by atoms with Crippen LogP contribution in [0.4, 0.5) is 0 Å². The minimum atomic E-state index is -0.402. The van der Waals surface area contributed by atoms with E-state index in [0.717, 1.165) is 15.7 Å². The molecule has 9 nitrogen and oxygen atoms in total. The summed E-state index contributed by atoms with van der Waals surface area (Å²) in [6.45, 7) is 5.70. The minimum Gasteiger partial charge on any atom is -0.377 e. The first-order valence-electron chi connectivity index (χ1n) is 12.5. The van der Waals surface area contributed by atoms with Crippen molar-refractivity contribution < 1.29 is 9.53 Å². The Hall–Kier alpha value is -3.60. The number of aromatic nitrogens is 6. The molecule has 198 valence electrons. The molecule has 3 aromatic heterocycles. The standard InChI is InChI=1S/C28H25BrClN7O2/c1-17-3-5-19(6-4-17)14-37-27-22(13-31-37)21(11-18(2)32-27)28(38)35-9-10-39-16-26(35)24-15-36(34-33-24)25-8-7-20(29)12-23(25)30/h3-8,11-13,15,26H,9-10,14,16H2,1-2H3. The number of carbonyl (C=O) groups excluding carboxylic acids is 1. The van der Waals surface area contributed by atoms with E-state index in [1.165, 1.54) is 5.56 Å². The highest BCUT2D eigenvalue weighted by Gasteiger charge is 2.33. The summed E-state index contributed by atoms with van der Waals surface area (Å²) in [5.41, 5.74) is 5.62. The fraction of sp³-hybridized carbons (Fsp3) is 0.250. The molecule has 6 rings (SSSR count). The fourth-order valence-electron chi connectivity index (χ4n) is 4.79. The second-order valence-corrected chi connectivity index (χ2v) is 10.9. The van der Waals surface area contributed by atoms with Gasteiger partial charge < -0.3 is 9.64 Å². The van der Waals surface area contributed by atoms with Gasteiger partial charge in [0.15, 0.2) is 5.65 Å². The number of aryl methyl sites for hydroxylation is 2. The quantitative estimate of drug-likeness (QED) is 0.270. The smallest absolute Gasteiger partial charge is 0.255 e. The molecule has 1 atom stereocenters. The van der Waals surface area contributed by atoms with Gasteiger partial charge >= 0.3 is 0 Å². The van der Waals surface area contributed by atoms with Crippen molar-refractivity contribution in [2.45, 2.75) is 26.4 Å². The Morgan fingerprint density at radius 1 is 1.15 bits per heavy atom. The van der Waals surface area contributed by atoms with E-state index in [1.807, 2.05) is 29.8 Å². The number of rotatable bonds is 5. The third kappa shape index (κ3) is 5.07. The van der Waals surface area contributed by atoms with Gasteiger partial charge in [0, 0.05) is 16.7 Å². The third-order valence-electron chi connectivity index (χ3n) is 6.82. The van der Waals surface area contributed by atoms with Crippen LogP contribution in [0.5, 0.6) is 0 Å². The van der Waals surface area contributed by atoms with Gasteiger partial charge in [0.1, 0.15) is 11.7 Å². The Bertz CT molecular complexity index is 1680. The van der Waals surface area contributed by atoms with Crippen molar-refractivity contribution in [3.63, 3.8) is 0 Å². The Balaban J connectivity index is 1.32. The zero-order valence-electron chi connectivity index (χ0n) is 21.4. The molecule has 0 radical (unpaired) electrons. The molecule has 2 aromatic carbocycles. The highest BCUT2D eigenvalue weighted by Crippen LogP contribution is 2.29. The van der Waals surface area contributed by atoms with Crippen molar-refractivity contribution in [2.75, 3.05) is 19.8 Å². The van der Waals surface area contributed by atoms with Gasteiger partial charge in [-0.3, -0.25) is 4.79 Å². The number of halogens is 2. The Morgan fingerprint density at radius 2 is 1.97 bits per heavy atom. The second kappa shape index (κ2) is 10.5. The van der Waals surface area contributed by atoms with E-state index in [4.69, 9.17) is 21.3 Å². The van der Waals surface area contributed by atoms with Crippen LogP contribution in [0.1, 0.15) is 38.9 Å². The van der Waals surface area contributed by atoms with Gasteiger partial charge in [-0.1, -0.05) is 62.6 Å². The molecule has 1 unspecified atom stereocenters. The van der Waals surface area contributed by atoms with Crippen LogP contribution >= 0.6 is 27.5 Å². The molecule has 11 heteroatoms. The molecule has 1 fully saturated rings. The number of nitrogens with zero attached hydrogens (tertiary/aromatic N) is 7. The van der Waals surface area contributed by atoms with E-state index in [0.29, 0.717) is 59.3 Å². The van der Waals surface area contributed by atoms with Crippen LogP contribution in [0.3, 0.4) is 0 Å². The first-order valence-corrected chi connectivity index (χ1v) is 13.7. The monoisotopic (exact) mass is 605 g/mol. The lowest BCUT2D eigenvalue weighted by Crippen LogP contribution is -2.43. The van der Waals surface area contributed by atoms with Crippen molar-refractivity contribution in [3.05, 3.63) is 98.5 Å². The highest BCUT2D eigenvalue weighted by molar-refractivity contribution is 9.10. The van der Waals surface area contributed by atoms with Crippen molar-refractivity contribution in [3.8, 4) is 5.69 Å². The lowest BCUT2D eigenvalue weighted by atomic mass is 10.1. The van der Waals surface area contributed by atoms with Crippen molar-refractivity contribution in [1.82, 2.24) is 34.7 Å². The lowest BCUT2D eigenvalue weighted by Gasteiger charge is -2.34. The maximum absolute atomic E-state index is 14.0. The van der Waals surface area contributed by atoms with E-state index in [2.05, 4.69) is 62.5 Å². The number of hydrogen-bond donors (Lipinski definition) is 0. The van der Waals surface area contributed by atoms with Crippen molar-refractivity contribution >= 4 is 44.5 Å². The molecule has 0 aliphatic carbocycles. The van der Waals surface area contributed by atoms with Crippen molar-refractivity contribution in [1.29, 1.82) is 0 Å².